The molecule has 1 aromatic rings. The summed E-state index contributed by atoms with van der Waals surface area (Å²) in [5.41, 5.74) is -0.0197. The van der Waals surface area contributed by atoms with Crippen molar-refractivity contribution in [3.63, 3.8) is 0 Å². The summed E-state index contributed by atoms with van der Waals surface area (Å²) in [5.74, 6) is -1.13. The van der Waals surface area contributed by atoms with E-state index >= 15 is 0 Å². The second kappa shape index (κ2) is 6.19. The Morgan fingerprint density at radius 1 is 1.40 bits per heavy atom. The van der Waals surface area contributed by atoms with Crippen LogP contribution in [-0.4, -0.2) is 31.7 Å². The predicted octanol–water partition coefficient (Wildman–Crippen LogP) is 2.53. The third kappa shape index (κ3) is 4.84. The van der Waals surface area contributed by atoms with Gasteiger partial charge in [-0.2, -0.15) is 0 Å². The molecule has 0 aliphatic carbocycles. The first-order valence-electron chi connectivity index (χ1n) is 5.42. The Hall–Kier alpha value is -0.990. The zero-order chi connectivity index (χ0) is 15.6. The highest BCUT2D eigenvalue weighted by Gasteiger charge is 2.31. The van der Waals surface area contributed by atoms with Gasteiger partial charge in [-0.15, -0.1) is 13.2 Å². The van der Waals surface area contributed by atoms with Crippen molar-refractivity contribution in [3.8, 4) is 5.75 Å². The van der Waals surface area contributed by atoms with Gasteiger partial charge in [0.2, 0.25) is 0 Å². The molecule has 0 radical (unpaired) electrons. The van der Waals surface area contributed by atoms with E-state index in [4.69, 9.17) is 16.7 Å². The van der Waals surface area contributed by atoms with Crippen molar-refractivity contribution >= 4 is 21.4 Å². The lowest BCUT2D eigenvalue weighted by Gasteiger charge is -2.13. The number of aliphatic hydroxyl groups excluding tert-OH is 1. The van der Waals surface area contributed by atoms with Crippen molar-refractivity contribution in [1.29, 1.82) is 0 Å². The first kappa shape index (κ1) is 17.1. The van der Waals surface area contributed by atoms with Crippen molar-refractivity contribution in [1.82, 2.24) is 0 Å². The average molecular weight is 333 g/mol. The van der Waals surface area contributed by atoms with Gasteiger partial charge >= 0.3 is 6.36 Å². The summed E-state index contributed by atoms with van der Waals surface area (Å²) in [6, 6.07) is 3.02. The van der Waals surface area contributed by atoms with Crippen molar-refractivity contribution in [3.05, 3.63) is 28.8 Å². The van der Waals surface area contributed by atoms with E-state index < -0.39 is 39.6 Å². The Labute approximate surface area is 119 Å². The molecule has 9 heteroatoms. The van der Waals surface area contributed by atoms with Gasteiger partial charge < -0.3 is 9.84 Å². The molecule has 1 N–H and O–H groups in total. The van der Waals surface area contributed by atoms with Crippen LogP contribution in [0.5, 0.6) is 5.75 Å². The van der Waals surface area contributed by atoms with E-state index in [2.05, 4.69) is 4.74 Å². The molecule has 114 valence electrons. The maximum atomic E-state index is 12.1. The van der Waals surface area contributed by atoms with E-state index in [-0.39, 0.29) is 10.6 Å². The number of halogens is 4. The summed E-state index contributed by atoms with van der Waals surface area (Å²) in [6.07, 6.45) is -4.87. The molecule has 0 heterocycles. The zero-order valence-electron chi connectivity index (χ0n) is 10.3. The summed E-state index contributed by atoms with van der Waals surface area (Å²) in [5, 5.41) is 7.81. The highest BCUT2D eigenvalue weighted by molar-refractivity contribution is 7.91. The minimum atomic E-state index is -4.87. The Morgan fingerprint density at radius 3 is 2.50 bits per heavy atom. The smallest absolute Gasteiger partial charge is 0.406 e. The fourth-order valence-electron chi connectivity index (χ4n) is 1.33. The molecule has 0 amide bonds. The van der Waals surface area contributed by atoms with Crippen molar-refractivity contribution in [2.45, 2.75) is 24.3 Å². The van der Waals surface area contributed by atoms with Gasteiger partial charge in [-0.05, 0) is 30.7 Å². The number of aliphatic hydroxyl groups is 1. The molecule has 1 aromatic carbocycles. The Bertz CT molecular complexity index is 572. The van der Waals surface area contributed by atoms with Gasteiger partial charge in [0.15, 0.2) is 9.84 Å². The second-order valence-electron chi connectivity index (χ2n) is 4.10. The number of sulfone groups is 1. The first-order chi connectivity index (χ1) is 9.05. The van der Waals surface area contributed by atoms with E-state index in [1.165, 1.54) is 6.92 Å². The van der Waals surface area contributed by atoms with Crippen LogP contribution in [0, 0.1) is 0 Å². The van der Waals surface area contributed by atoms with E-state index in [1.807, 2.05) is 0 Å². The molecule has 1 atom stereocenters. The largest absolute Gasteiger partial charge is 0.573 e. The van der Waals surface area contributed by atoms with Crippen LogP contribution in [0.25, 0.3) is 0 Å². The molecular formula is C11H12ClF3O4S. The quantitative estimate of drug-likeness (QED) is 0.900. The fraction of sp³-hybridized carbons (Fsp3) is 0.455. The Kier molecular flexibility index (Phi) is 5.28. The van der Waals surface area contributed by atoms with E-state index in [1.54, 1.807) is 0 Å². The summed E-state index contributed by atoms with van der Waals surface area (Å²) in [6.45, 7) is 0.706. The summed E-state index contributed by atoms with van der Waals surface area (Å²) >= 11 is 5.76. The number of ether oxygens (including phenoxy) is 1. The minimum Gasteiger partial charge on any atom is -0.406 e. The maximum absolute atomic E-state index is 12.1. The monoisotopic (exact) mass is 332 g/mol. The lowest BCUT2D eigenvalue weighted by atomic mass is 10.2. The highest BCUT2D eigenvalue weighted by Crippen LogP contribution is 2.28. The van der Waals surface area contributed by atoms with Gasteiger partial charge in [0.1, 0.15) is 5.75 Å². The van der Waals surface area contributed by atoms with E-state index in [0.29, 0.717) is 0 Å². The van der Waals surface area contributed by atoms with Gasteiger partial charge in [0.05, 0.1) is 17.6 Å². The molecule has 1 rings (SSSR count). The SMILES string of the molecule is CC(CO)S(=O)(=O)Cc1cc(OC(F)(F)F)ccc1Cl. The second-order valence-corrected chi connectivity index (χ2v) is 6.93. The summed E-state index contributed by atoms with van der Waals surface area (Å²) in [7, 11) is -3.72. The number of hydrogen-bond donors (Lipinski definition) is 1. The minimum absolute atomic E-state index is 0.00763. The van der Waals surface area contributed by atoms with Crippen LogP contribution in [0.4, 0.5) is 13.2 Å². The molecule has 0 saturated heterocycles. The van der Waals surface area contributed by atoms with Crippen LogP contribution < -0.4 is 4.74 Å². The van der Waals surface area contributed by atoms with Crippen LogP contribution in [0.1, 0.15) is 12.5 Å². The van der Waals surface area contributed by atoms with Gasteiger partial charge in [0, 0.05) is 5.02 Å². The van der Waals surface area contributed by atoms with Crippen molar-refractivity contribution in [2.24, 2.45) is 0 Å². The summed E-state index contributed by atoms with van der Waals surface area (Å²) in [4.78, 5) is 0. The van der Waals surface area contributed by atoms with Gasteiger partial charge in [-0.3, -0.25) is 0 Å². The molecule has 0 spiro atoms. The van der Waals surface area contributed by atoms with Gasteiger partial charge in [-0.25, -0.2) is 8.42 Å². The molecule has 0 fully saturated rings. The molecule has 0 aromatic heterocycles. The highest BCUT2D eigenvalue weighted by atomic mass is 35.5. The third-order valence-electron chi connectivity index (χ3n) is 2.48. The maximum Gasteiger partial charge on any atom is 0.573 e. The topological polar surface area (TPSA) is 63.6 Å². The van der Waals surface area contributed by atoms with Crippen LogP contribution in [0.3, 0.4) is 0 Å². The van der Waals surface area contributed by atoms with Crippen LogP contribution in [0.2, 0.25) is 5.02 Å². The third-order valence-corrected chi connectivity index (χ3v) is 4.93. The molecule has 0 bridgehead atoms. The van der Waals surface area contributed by atoms with Crippen LogP contribution in [-0.2, 0) is 15.6 Å². The number of rotatable bonds is 5. The molecule has 0 aliphatic rings. The molecule has 4 nitrogen and oxygen atoms in total. The summed E-state index contributed by atoms with van der Waals surface area (Å²) < 4.78 is 63.6. The molecule has 20 heavy (non-hydrogen) atoms. The lowest BCUT2D eigenvalue weighted by molar-refractivity contribution is -0.274. The van der Waals surface area contributed by atoms with Gasteiger partial charge in [0.25, 0.3) is 0 Å². The Morgan fingerprint density at radius 2 is 2.00 bits per heavy atom. The number of benzene rings is 1. The van der Waals surface area contributed by atoms with Gasteiger partial charge in [-0.1, -0.05) is 11.6 Å². The van der Waals surface area contributed by atoms with Crippen LogP contribution in [0.15, 0.2) is 18.2 Å². The predicted molar refractivity (Wildman–Crippen MR) is 67.3 cm³/mol. The first-order valence-corrected chi connectivity index (χ1v) is 7.51. The number of hydrogen-bond acceptors (Lipinski definition) is 4. The van der Waals surface area contributed by atoms with E-state index in [9.17, 15) is 21.6 Å². The molecule has 1 unspecified atom stereocenters. The molecule has 0 saturated carbocycles. The van der Waals surface area contributed by atoms with Crippen molar-refractivity contribution in [2.75, 3.05) is 6.61 Å². The Balaban J connectivity index is 3.04. The van der Waals surface area contributed by atoms with E-state index in [0.717, 1.165) is 18.2 Å². The number of alkyl halides is 3. The normalized spacial score (nSPS) is 14.1. The average Bonchev–Trinajstić information content (AvgIpc) is 2.30. The van der Waals surface area contributed by atoms with Crippen molar-refractivity contribution < 1.29 is 31.4 Å². The zero-order valence-corrected chi connectivity index (χ0v) is 11.9. The molecular weight excluding hydrogens is 321 g/mol. The molecule has 0 aliphatic heterocycles. The standard InChI is InChI=1S/C11H12ClF3O4S/c1-7(5-16)20(17,18)6-8-4-9(2-3-10(8)12)19-11(13,14)15/h2-4,7,16H,5-6H2,1H3. The van der Waals surface area contributed by atoms with Crippen LogP contribution >= 0.6 is 11.6 Å². The lowest BCUT2D eigenvalue weighted by Crippen LogP contribution is -2.23. The fourth-order valence-corrected chi connectivity index (χ4v) is 2.78.